The van der Waals surface area contributed by atoms with E-state index in [1.807, 2.05) is 125 Å². The molecule has 4 aromatic heterocycles. The van der Waals surface area contributed by atoms with Crippen molar-refractivity contribution in [1.82, 2.24) is 18.3 Å². The molecule has 6 nitrogen and oxygen atoms in total. The average Bonchev–Trinajstić information content (AvgIpc) is 1.29. The van der Waals surface area contributed by atoms with Gasteiger partial charge in [0.1, 0.15) is 0 Å². The van der Waals surface area contributed by atoms with Crippen LogP contribution in [0.15, 0.2) is 357 Å². The van der Waals surface area contributed by atoms with Crippen LogP contribution in [0.5, 0.6) is 0 Å². The minimum Gasteiger partial charge on any atom is -0.311 e. The molecule has 0 saturated heterocycles. The van der Waals surface area contributed by atoms with E-state index in [-0.39, 0.29) is 76.9 Å². The highest BCUT2D eigenvalue weighted by atomic mass is 15.2. The Morgan fingerprint density at radius 3 is 1.23 bits per heavy atom. The normalized spacial score (nSPS) is 15.5. The summed E-state index contributed by atoms with van der Waals surface area (Å²) >= 11 is 0. The number of fused-ring (bicyclic) bond motifs is 16. The van der Waals surface area contributed by atoms with Gasteiger partial charge < -0.3 is 28.1 Å². The number of hydrogen-bond acceptors (Lipinski definition) is 2. The van der Waals surface area contributed by atoms with Gasteiger partial charge in [-0.2, -0.15) is 0 Å². The zero-order valence-electron chi connectivity index (χ0n) is 82.2. The summed E-state index contributed by atoms with van der Waals surface area (Å²) in [5, 5.41) is 2.57. The number of nitrogens with zero attached hydrogens (tertiary/aromatic N) is 6. The Morgan fingerprint density at radius 2 is 0.694 bits per heavy atom. The summed E-state index contributed by atoms with van der Waals surface area (Å²) in [7, 11) is 0. The SMILES string of the molecule is [2H]c1c([2H])c([2H])c(-c2ccc3c(c2)N(c2cccc4c5cccc(-n6c7c([2H])c([2H])c([2H])c([2H])c7c7c([2H])c([2H])c([2H])c([2H])c76)c5n(-c5ccccc5)c24)c2cc(-n4c5c([2H])c([2H])c([2H])c([2H])c5c5c([2H])c([2H])c([2H])c([2H])c54)cc4c2B3c2ccc(-n3c5ccc(C(C)(C)C)cc5c5cc(C(C)(C)C)ccc53)cc2N4c2cc(-c3ccccc3)cc(-c3ccccc3)c2)c([2H])c1[2H]. The predicted octanol–water partition coefficient (Wildman–Crippen LogP) is 25.8. The molecule has 16 aromatic carbocycles. The van der Waals surface area contributed by atoms with E-state index in [2.05, 4.69) is 148 Å². The van der Waals surface area contributed by atoms with Crippen LogP contribution in [-0.4, -0.2) is 25.0 Å². The fourth-order valence-corrected chi connectivity index (χ4v) is 17.5. The van der Waals surface area contributed by atoms with E-state index >= 15 is 0 Å². The molecule has 7 heteroatoms. The van der Waals surface area contributed by atoms with Crippen LogP contribution in [0.2, 0.25) is 0 Å². The molecular formula is C104H77BN6. The molecular weight excluding hydrogens is 1340 g/mol. The lowest BCUT2D eigenvalue weighted by Crippen LogP contribution is -2.61. The van der Waals surface area contributed by atoms with Crippen molar-refractivity contribution in [3.8, 4) is 56.1 Å². The molecule has 0 N–H and O–H groups in total. The van der Waals surface area contributed by atoms with Gasteiger partial charge in [0.2, 0.25) is 0 Å². The van der Waals surface area contributed by atoms with Gasteiger partial charge >= 0.3 is 0 Å². The molecule has 0 spiro atoms. The second kappa shape index (κ2) is 24.4. The Labute approximate surface area is 675 Å². The van der Waals surface area contributed by atoms with Crippen LogP contribution in [0.4, 0.5) is 34.1 Å². The molecule has 111 heavy (non-hydrogen) atoms. The zero-order valence-corrected chi connectivity index (χ0v) is 61.2. The predicted molar refractivity (Wildman–Crippen MR) is 472 cm³/mol. The molecule has 6 heterocycles. The summed E-state index contributed by atoms with van der Waals surface area (Å²) in [5.74, 6) is 0. The minimum atomic E-state index is -0.870. The highest BCUT2D eigenvalue weighted by Crippen LogP contribution is 2.53. The zero-order chi connectivity index (χ0) is 92.4. The largest absolute Gasteiger partial charge is 0.311 e. The van der Waals surface area contributed by atoms with Gasteiger partial charge in [-0.25, -0.2) is 0 Å². The lowest BCUT2D eigenvalue weighted by atomic mass is 9.33. The lowest BCUT2D eigenvalue weighted by molar-refractivity contribution is 0.590. The van der Waals surface area contributed by atoms with E-state index in [0.717, 1.165) is 66.3 Å². The van der Waals surface area contributed by atoms with Gasteiger partial charge in [-0.3, -0.25) is 0 Å². The van der Waals surface area contributed by atoms with Crippen molar-refractivity contribution in [2.24, 2.45) is 0 Å². The summed E-state index contributed by atoms with van der Waals surface area (Å²) in [6.07, 6.45) is 0. The van der Waals surface area contributed by atoms with Crippen LogP contribution >= 0.6 is 0 Å². The number of hydrogen-bond donors (Lipinski definition) is 0. The molecule has 0 unspecified atom stereocenters. The van der Waals surface area contributed by atoms with E-state index in [9.17, 15) is 24.7 Å². The van der Waals surface area contributed by atoms with Crippen molar-refractivity contribution in [2.45, 2.75) is 52.4 Å². The van der Waals surface area contributed by atoms with Crippen LogP contribution in [0.3, 0.4) is 0 Å². The molecule has 0 bridgehead atoms. The van der Waals surface area contributed by atoms with Gasteiger partial charge in [-0.1, -0.05) is 278 Å². The van der Waals surface area contributed by atoms with Crippen molar-refractivity contribution in [3.05, 3.63) is 369 Å². The average molecular weight is 1440 g/mol. The number of para-hydroxylation sites is 7. The first-order valence-corrected chi connectivity index (χ1v) is 37.2. The first kappa shape index (κ1) is 46.6. The second-order valence-corrected chi connectivity index (χ2v) is 30.9. The van der Waals surface area contributed by atoms with Gasteiger partial charge in [0.05, 0.1) is 90.0 Å². The van der Waals surface area contributed by atoms with E-state index in [1.54, 1.807) is 18.2 Å². The number of benzene rings is 16. The summed E-state index contributed by atoms with van der Waals surface area (Å²) < 4.78 is 208. The maximum atomic E-state index is 10.2. The Morgan fingerprint density at radius 1 is 0.243 bits per heavy atom. The maximum Gasteiger partial charge on any atom is 0.252 e. The molecule has 526 valence electrons. The molecule has 22 rings (SSSR count). The van der Waals surface area contributed by atoms with E-state index in [0.29, 0.717) is 72.5 Å². The van der Waals surface area contributed by atoms with E-state index in [4.69, 9.17) is 4.11 Å². The summed E-state index contributed by atoms with van der Waals surface area (Å²) in [5.41, 5.74) is 14.1. The van der Waals surface area contributed by atoms with Crippen LogP contribution in [0.1, 0.15) is 81.5 Å². The fourth-order valence-electron chi connectivity index (χ4n) is 17.5. The number of anilines is 6. The summed E-state index contributed by atoms with van der Waals surface area (Å²) in [4.78, 5) is 4.24. The molecule has 0 atom stereocenters. The van der Waals surface area contributed by atoms with Gasteiger partial charge in [0.15, 0.2) is 0 Å². The van der Waals surface area contributed by atoms with Gasteiger partial charge in [0, 0.05) is 82.9 Å². The first-order valence-electron chi connectivity index (χ1n) is 47.7. The van der Waals surface area contributed by atoms with Gasteiger partial charge in [0.25, 0.3) is 6.71 Å². The fraction of sp³-hybridized carbons (Fsp3) is 0.0769. The lowest BCUT2D eigenvalue weighted by Gasteiger charge is -2.45. The summed E-state index contributed by atoms with van der Waals surface area (Å²) in [6, 6.07) is 64.1. The van der Waals surface area contributed by atoms with Crippen LogP contribution in [0, 0.1) is 0 Å². The van der Waals surface area contributed by atoms with E-state index in [1.165, 1.54) is 9.13 Å². The summed E-state index contributed by atoms with van der Waals surface area (Å²) in [6.45, 7) is 12.4. The second-order valence-electron chi connectivity index (χ2n) is 30.9. The van der Waals surface area contributed by atoms with Crippen molar-refractivity contribution < 1.29 is 28.8 Å². The maximum absolute atomic E-state index is 10.2. The smallest absolute Gasteiger partial charge is 0.252 e. The standard InChI is InChI=1S/C104H77BN6/c1-103(2,3)72-50-55-92-84(61-72)85-62-73(104(4,5)6)51-56-93(85)106(92)75-52-54-87-97(63-75)108(76-58-70(67-31-13-8-14-32-67)57-71(59-76)68-33-15-9-16-34-68)98-64-77(107-88-43-23-19-37-78(88)79-38-20-24-44-89(79)107)65-99-100(98)105(87)86-53-49-69(66-29-11-7-12-30-66)60-96(86)111(99)95-48-28-42-83-82-41-27-47-94(101(82)109(102(83)95)74-35-17-10-18-36-74)110-90-45-25-21-39-80(90)81-40-22-26-46-91(81)110/h7-65H,1-6H3/i7D,11D,12D,19D,20D,21D,22D,23D,24D,25D,26D,29D,30D,37D,38D,39D,40D,43D,44D,45D,46D. The Balaban J connectivity index is 0.954. The highest BCUT2D eigenvalue weighted by molar-refractivity contribution is 7.00. The third kappa shape index (κ3) is 9.91. The molecule has 2 aliphatic heterocycles. The van der Waals surface area contributed by atoms with Crippen LogP contribution in [0.25, 0.3) is 143 Å². The molecule has 0 radical (unpaired) electrons. The highest BCUT2D eigenvalue weighted by Gasteiger charge is 2.45. The molecule has 0 aliphatic carbocycles. The molecule has 0 saturated carbocycles. The number of rotatable bonds is 9. The molecule has 0 amide bonds. The van der Waals surface area contributed by atoms with E-state index < -0.39 is 134 Å². The van der Waals surface area contributed by atoms with Crippen molar-refractivity contribution in [2.75, 3.05) is 9.80 Å². The van der Waals surface area contributed by atoms with Gasteiger partial charge in [-0.05, 0) is 193 Å². The first-order chi connectivity index (χ1) is 63.1. The van der Waals surface area contributed by atoms with Crippen molar-refractivity contribution in [1.29, 1.82) is 0 Å². The topological polar surface area (TPSA) is 26.2 Å². The number of aromatic nitrogens is 4. The van der Waals surface area contributed by atoms with Crippen LogP contribution in [-0.2, 0) is 10.8 Å². The Bertz CT molecular complexity index is 8270. The molecule has 20 aromatic rings. The van der Waals surface area contributed by atoms with Crippen LogP contribution < -0.4 is 26.2 Å². The third-order valence-corrected chi connectivity index (χ3v) is 22.6. The molecule has 0 fully saturated rings. The van der Waals surface area contributed by atoms with Crippen molar-refractivity contribution >= 4 is 144 Å². The Kier molecular flexibility index (Phi) is 10.3. The van der Waals surface area contributed by atoms with Gasteiger partial charge in [-0.15, -0.1) is 0 Å². The Hall–Kier alpha value is -13.6. The van der Waals surface area contributed by atoms with Crippen molar-refractivity contribution in [3.63, 3.8) is 0 Å². The monoisotopic (exact) mass is 1440 g/mol. The third-order valence-electron chi connectivity index (χ3n) is 22.6. The minimum absolute atomic E-state index is 0.122. The molecule has 2 aliphatic rings. The quantitative estimate of drug-likeness (QED) is 0.135.